The van der Waals surface area contributed by atoms with Crippen molar-refractivity contribution in [1.82, 2.24) is 0 Å². The average molecular weight is 320 g/mol. The number of halogens is 2. The van der Waals surface area contributed by atoms with Crippen molar-refractivity contribution in [3.63, 3.8) is 0 Å². The Labute approximate surface area is 132 Å². The summed E-state index contributed by atoms with van der Waals surface area (Å²) in [5.74, 6) is -1.69. The van der Waals surface area contributed by atoms with Crippen molar-refractivity contribution in [1.29, 1.82) is 5.26 Å². The van der Waals surface area contributed by atoms with Gasteiger partial charge in [0, 0.05) is 0 Å². The highest BCUT2D eigenvalue weighted by Crippen LogP contribution is 2.28. The van der Waals surface area contributed by atoms with E-state index in [2.05, 4.69) is 0 Å². The van der Waals surface area contributed by atoms with Crippen LogP contribution in [0.4, 0.5) is 0 Å². The van der Waals surface area contributed by atoms with E-state index >= 15 is 0 Å². The van der Waals surface area contributed by atoms with Gasteiger partial charge in [-0.1, -0.05) is 41.4 Å². The van der Waals surface area contributed by atoms with Gasteiger partial charge in [0.2, 0.25) is 0 Å². The monoisotopic (exact) mass is 319 g/mol. The van der Waals surface area contributed by atoms with Crippen LogP contribution in [-0.4, -0.2) is 11.1 Å². The molecular weight excluding hydrogens is 309 g/mol. The molecule has 0 saturated heterocycles. The Balaban J connectivity index is 2.33. The van der Waals surface area contributed by atoms with Crippen LogP contribution in [0.5, 0.6) is 0 Å². The van der Waals surface area contributed by atoms with Gasteiger partial charge in [-0.15, -0.1) is 0 Å². The fourth-order valence-corrected chi connectivity index (χ4v) is 2.39. The number of rotatable bonds is 4. The number of carboxylic acid groups (broad SMARTS) is 1. The predicted molar refractivity (Wildman–Crippen MR) is 81.7 cm³/mol. The van der Waals surface area contributed by atoms with Crippen molar-refractivity contribution < 1.29 is 9.90 Å². The lowest BCUT2D eigenvalue weighted by atomic mass is 9.91. The average Bonchev–Trinajstić information content (AvgIpc) is 2.47. The standard InChI is InChI=1S/C16H11Cl2NO2/c17-14-5-4-12(8-15(14)18)13(16(20)21)7-10-2-1-3-11(6-10)9-19/h1-6,8,13H,7H2,(H,20,21). The van der Waals surface area contributed by atoms with Crippen molar-refractivity contribution in [2.45, 2.75) is 12.3 Å². The number of nitrogens with zero attached hydrogens (tertiary/aromatic N) is 1. The van der Waals surface area contributed by atoms with Crippen LogP contribution in [0.1, 0.15) is 22.6 Å². The molecule has 2 aromatic rings. The largest absolute Gasteiger partial charge is 0.481 e. The van der Waals surface area contributed by atoms with Crippen LogP contribution >= 0.6 is 23.2 Å². The maximum atomic E-state index is 11.5. The molecule has 5 heteroatoms. The first-order valence-electron chi connectivity index (χ1n) is 6.18. The molecule has 0 bridgehead atoms. The molecule has 21 heavy (non-hydrogen) atoms. The number of benzene rings is 2. The highest BCUT2D eigenvalue weighted by atomic mass is 35.5. The molecule has 1 atom stereocenters. The second-order valence-corrected chi connectivity index (χ2v) is 5.40. The normalized spacial score (nSPS) is 11.7. The Morgan fingerprint density at radius 1 is 1.19 bits per heavy atom. The highest BCUT2D eigenvalue weighted by Gasteiger charge is 2.21. The molecule has 0 radical (unpaired) electrons. The Hall–Kier alpha value is -2.02. The van der Waals surface area contributed by atoms with E-state index < -0.39 is 11.9 Å². The van der Waals surface area contributed by atoms with E-state index in [-0.39, 0.29) is 6.42 Å². The van der Waals surface area contributed by atoms with Gasteiger partial charge < -0.3 is 5.11 Å². The third kappa shape index (κ3) is 3.75. The topological polar surface area (TPSA) is 61.1 Å². The van der Waals surface area contributed by atoms with Gasteiger partial charge in [-0.05, 0) is 41.8 Å². The third-order valence-corrected chi connectivity index (χ3v) is 3.88. The summed E-state index contributed by atoms with van der Waals surface area (Å²) in [6.07, 6.45) is 0.281. The van der Waals surface area contributed by atoms with Crippen molar-refractivity contribution in [2.24, 2.45) is 0 Å². The second kappa shape index (κ2) is 6.62. The molecule has 2 aromatic carbocycles. The molecule has 106 valence electrons. The maximum absolute atomic E-state index is 11.5. The minimum absolute atomic E-state index is 0.281. The number of aliphatic carboxylic acids is 1. The third-order valence-electron chi connectivity index (χ3n) is 3.14. The van der Waals surface area contributed by atoms with E-state index in [0.29, 0.717) is 21.2 Å². The number of hydrogen-bond donors (Lipinski definition) is 1. The van der Waals surface area contributed by atoms with Crippen molar-refractivity contribution >= 4 is 29.2 Å². The Kier molecular flexibility index (Phi) is 4.85. The first kappa shape index (κ1) is 15.4. The summed E-state index contributed by atoms with van der Waals surface area (Å²) < 4.78 is 0. The summed E-state index contributed by atoms with van der Waals surface area (Å²) in [6, 6.07) is 13.7. The summed E-state index contributed by atoms with van der Waals surface area (Å²) in [6.45, 7) is 0. The smallest absolute Gasteiger partial charge is 0.311 e. The summed E-state index contributed by atoms with van der Waals surface area (Å²) in [4.78, 5) is 11.5. The molecule has 1 unspecified atom stereocenters. The molecule has 0 amide bonds. The van der Waals surface area contributed by atoms with Gasteiger partial charge in [0.05, 0.1) is 27.6 Å². The van der Waals surface area contributed by atoms with Gasteiger partial charge >= 0.3 is 5.97 Å². The number of carboxylic acids is 1. The van der Waals surface area contributed by atoms with Crippen LogP contribution in [0.2, 0.25) is 10.0 Å². The molecule has 0 aliphatic heterocycles. The lowest BCUT2D eigenvalue weighted by molar-refractivity contribution is -0.138. The predicted octanol–water partition coefficient (Wildman–Crippen LogP) is 4.28. The van der Waals surface area contributed by atoms with Gasteiger partial charge in [0.15, 0.2) is 0 Å². The zero-order valence-corrected chi connectivity index (χ0v) is 12.4. The Morgan fingerprint density at radius 3 is 2.57 bits per heavy atom. The minimum Gasteiger partial charge on any atom is -0.481 e. The first-order chi connectivity index (χ1) is 10.0. The summed E-state index contributed by atoms with van der Waals surface area (Å²) >= 11 is 11.8. The molecule has 2 rings (SSSR count). The van der Waals surface area contributed by atoms with Gasteiger partial charge in [0.1, 0.15) is 0 Å². The van der Waals surface area contributed by atoms with E-state index in [1.54, 1.807) is 42.5 Å². The molecule has 0 heterocycles. The molecule has 0 saturated carbocycles. The second-order valence-electron chi connectivity index (χ2n) is 4.58. The SMILES string of the molecule is N#Cc1cccc(CC(C(=O)O)c2ccc(Cl)c(Cl)c2)c1. The number of nitriles is 1. The summed E-state index contributed by atoms with van der Waals surface area (Å²) in [7, 11) is 0. The van der Waals surface area contributed by atoms with Crippen LogP contribution in [-0.2, 0) is 11.2 Å². The van der Waals surface area contributed by atoms with Crippen LogP contribution in [0.25, 0.3) is 0 Å². The molecule has 0 aliphatic carbocycles. The van der Waals surface area contributed by atoms with E-state index in [1.165, 1.54) is 0 Å². The van der Waals surface area contributed by atoms with Crippen molar-refractivity contribution in [2.75, 3.05) is 0 Å². The van der Waals surface area contributed by atoms with Crippen molar-refractivity contribution in [3.8, 4) is 6.07 Å². The van der Waals surface area contributed by atoms with Crippen LogP contribution in [0, 0.1) is 11.3 Å². The number of hydrogen-bond acceptors (Lipinski definition) is 2. The zero-order valence-electron chi connectivity index (χ0n) is 10.9. The van der Waals surface area contributed by atoms with Crippen molar-refractivity contribution in [3.05, 3.63) is 69.2 Å². The Morgan fingerprint density at radius 2 is 1.95 bits per heavy atom. The molecule has 1 N–H and O–H groups in total. The fraction of sp³-hybridized carbons (Fsp3) is 0.125. The molecule has 0 fully saturated rings. The van der Waals surface area contributed by atoms with Crippen LogP contribution in [0.3, 0.4) is 0 Å². The fourth-order valence-electron chi connectivity index (χ4n) is 2.08. The quantitative estimate of drug-likeness (QED) is 0.915. The van der Waals surface area contributed by atoms with Crippen LogP contribution < -0.4 is 0 Å². The molecule has 0 spiro atoms. The molecule has 0 aromatic heterocycles. The molecular formula is C16H11Cl2NO2. The van der Waals surface area contributed by atoms with Gasteiger partial charge in [-0.3, -0.25) is 4.79 Å². The summed E-state index contributed by atoms with van der Waals surface area (Å²) in [5.41, 5.74) is 1.87. The van der Waals surface area contributed by atoms with Gasteiger partial charge in [-0.25, -0.2) is 0 Å². The van der Waals surface area contributed by atoms with E-state index in [1.807, 2.05) is 6.07 Å². The Bertz CT molecular complexity index is 722. The lowest BCUT2D eigenvalue weighted by Crippen LogP contribution is -2.14. The molecule has 0 aliphatic rings. The van der Waals surface area contributed by atoms with Crippen LogP contribution in [0.15, 0.2) is 42.5 Å². The van der Waals surface area contributed by atoms with Gasteiger partial charge in [-0.2, -0.15) is 5.26 Å². The highest BCUT2D eigenvalue weighted by molar-refractivity contribution is 6.42. The first-order valence-corrected chi connectivity index (χ1v) is 6.93. The minimum atomic E-state index is -0.948. The zero-order chi connectivity index (χ0) is 15.4. The van der Waals surface area contributed by atoms with E-state index in [0.717, 1.165) is 5.56 Å². The van der Waals surface area contributed by atoms with Gasteiger partial charge in [0.25, 0.3) is 0 Å². The summed E-state index contributed by atoms with van der Waals surface area (Å²) in [5, 5.41) is 19.0. The van der Waals surface area contributed by atoms with E-state index in [9.17, 15) is 9.90 Å². The van der Waals surface area contributed by atoms with E-state index in [4.69, 9.17) is 28.5 Å². The number of carbonyl (C=O) groups is 1. The maximum Gasteiger partial charge on any atom is 0.311 e. The lowest BCUT2D eigenvalue weighted by Gasteiger charge is -2.14. The molecule has 3 nitrogen and oxygen atoms in total.